The van der Waals surface area contributed by atoms with E-state index in [0.717, 1.165) is 6.07 Å². The number of anilines is 1. The smallest absolute Gasteiger partial charge is 0.303 e. The number of carbonyl (C=O) groups is 2. The van der Waals surface area contributed by atoms with Gasteiger partial charge in [-0.25, -0.2) is 4.39 Å². The van der Waals surface area contributed by atoms with Crippen LogP contribution < -0.4 is 5.73 Å². The van der Waals surface area contributed by atoms with Gasteiger partial charge in [0.05, 0.1) is 5.56 Å². The number of carboxylic acid groups (broad SMARTS) is 1. The first-order valence-corrected chi connectivity index (χ1v) is 6.03. The number of hydrogen-bond donors (Lipinski definition) is 2. The van der Waals surface area contributed by atoms with Gasteiger partial charge in [0.1, 0.15) is 5.82 Å². The van der Waals surface area contributed by atoms with Crippen LogP contribution in [0.5, 0.6) is 0 Å². The van der Waals surface area contributed by atoms with Gasteiger partial charge in [0.15, 0.2) is 0 Å². The number of nitrogens with two attached hydrogens (primary N) is 1. The van der Waals surface area contributed by atoms with E-state index in [-0.39, 0.29) is 29.5 Å². The highest BCUT2D eigenvalue weighted by Gasteiger charge is 2.29. The molecular formula is C13H15FN2O3. The van der Waals surface area contributed by atoms with Gasteiger partial charge >= 0.3 is 5.97 Å². The zero-order chi connectivity index (χ0) is 14.0. The van der Waals surface area contributed by atoms with Crippen molar-refractivity contribution in [3.63, 3.8) is 0 Å². The Bertz CT molecular complexity index is 519. The third-order valence-electron chi connectivity index (χ3n) is 3.28. The number of amides is 1. The third kappa shape index (κ3) is 3.01. The summed E-state index contributed by atoms with van der Waals surface area (Å²) in [5, 5.41) is 8.72. The molecule has 5 nitrogen and oxygen atoms in total. The van der Waals surface area contributed by atoms with E-state index in [1.54, 1.807) is 0 Å². The average Bonchev–Trinajstić information content (AvgIpc) is 2.79. The molecule has 1 atom stereocenters. The predicted octanol–water partition coefficient (Wildman–Crippen LogP) is 1.34. The van der Waals surface area contributed by atoms with Crippen molar-refractivity contribution in [2.45, 2.75) is 12.8 Å². The Kier molecular flexibility index (Phi) is 3.69. The highest BCUT2D eigenvalue weighted by Crippen LogP contribution is 2.23. The van der Waals surface area contributed by atoms with Crippen LogP contribution in [-0.4, -0.2) is 35.0 Å². The number of rotatable bonds is 3. The van der Waals surface area contributed by atoms with Crippen molar-refractivity contribution in [2.24, 2.45) is 5.92 Å². The van der Waals surface area contributed by atoms with Crippen molar-refractivity contribution in [2.75, 3.05) is 18.8 Å². The summed E-state index contributed by atoms with van der Waals surface area (Å²) in [5.41, 5.74) is 6.03. The van der Waals surface area contributed by atoms with Crippen molar-refractivity contribution in [1.29, 1.82) is 0 Å². The fraction of sp³-hybridized carbons (Fsp3) is 0.385. The number of nitrogens with zero attached hydrogens (tertiary/aromatic N) is 1. The molecule has 0 spiro atoms. The zero-order valence-electron chi connectivity index (χ0n) is 10.3. The lowest BCUT2D eigenvalue weighted by atomic mass is 10.1. The summed E-state index contributed by atoms with van der Waals surface area (Å²) < 4.78 is 13.1. The number of aliphatic carboxylic acids is 1. The maximum absolute atomic E-state index is 13.1. The van der Waals surface area contributed by atoms with Gasteiger partial charge in [0.25, 0.3) is 5.91 Å². The minimum absolute atomic E-state index is 0.0441. The standard InChI is InChI=1S/C13H15FN2O3/c14-9-1-2-11(15)10(6-9)13(19)16-4-3-8(7-16)5-12(17)18/h1-2,6,8H,3-5,7,15H2,(H,17,18). The van der Waals surface area contributed by atoms with Crippen LogP contribution in [0.3, 0.4) is 0 Å². The lowest BCUT2D eigenvalue weighted by molar-refractivity contribution is -0.138. The van der Waals surface area contributed by atoms with E-state index in [4.69, 9.17) is 10.8 Å². The molecule has 1 amide bonds. The Hall–Kier alpha value is -2.11. The maximum atomic E-state index is 13.1. The molecule has 0 bridgehead atoms. The fourth-order valence-electron chi connectivity index (χ4n) is 2.31. The molecule has 1 saturated heterocycles. The van der Waals surface area contributed by atoms with Crippen molar-refractivity contribution in [3.8, 4) is 0 Å². The summed E-state index contributed by atoms with van der Waals surface area (Å²) in [6.07, 6.45) is 0.690. The molecule has 1 aliphatic heterocycles. The van der Waals surface area contributed by atoms with Crippen molar-refractivity contribution in [1.82, 2.24) is 4.90 Å². The van der Waals surface area contributed by atoms with Crippen LogP contribution in [0.25, 0.3) is 0 Å². The molecule has 1 aromatic rings. The van der Waals surface area contributed by atoms with Gasteiger partial charge in [0, 0.05) is 25.2 Å². The SMILES string of the molecule is Nc1ccc(F)cc1C(=O)N1CCC(CC(=O)O)C1. The molecule has 1 aliphatic rings. The minimum atomic E-state index is -0.871. The zero-order valence-corrected chi connectivity index (χ0v) is 10.3. The normalized spacial score (nSPS) is 18.6. The Labute approximate surface area is 109 Å². The van der Waals surface area contributed by atoms with Gasteiger partial charge < -0.3 is 15.7 Å². The lowest BCUT2D eigenvalue weighted by Gasteiger charge is -2.17. The van der Waals surface area contributed by atoms with Gasteiger partial charge in [-0.3, -0.25) is 9.59 Å². The number of hydrogen-bond acceptors (Lipinski definition) is 3. The minimum Gasteiger partial charge on any atom is -0.481 e. The molecule has 6 heteroatoms. The van der Waals surface area contributed by atoms with Crippen molar-refractivity contribution >= 4 is 17.6 Å². The molecule has 3 N–H and O–H groups in total. The van der Waals surface area contributed by atoms with Gasteiger partial charge in [-0.15, -0.1) is 0 Å². The Morgan fingerprint density at radius 2 is 2.21 bits per heavy atom. The van der Waals surface area contributed by atoms with Crippen LogP contribution in [0.15, 0.2) is 18.2 Å². The highest BCUT2D eigenvalue weighted by atomic mass is 19.1. The monoisotopic (exact) mass is 266 g/mol. The summed E-state index contributed by atoms with van der Waals surface area (Å²) >= 11 is 0. The van der Waals surface area contributed by atoms with Crippen LogP contribution >= 0.6 is 0 Å². The molecular weight excluding hydrogens is 251 g/mol. The Balaban J connectivity index is 2.09. The molecule has 1 heterocycles. The van der Waals surface area contributed by atoms with E-state index in [2.05, 4.69) is 0 Å². The number of carboxylic acids is 1. The molecule has 2 rings (SSSR count). The van der Waals surface area contributed by atoms with Gasteiger partial charge in [-0.1, -0.05) is 0 Å². The molecule has 0 radical (unpaired) electrons. The molecule has 0 aromatic heterocycles. The van der Waals surface area contributed by atoms with Crippen molar-refractivity contribution in [3.05, 3.63) is 29.6 Å². The van der Waals surface area contributed by atoms with Gasteiger partial charge in [-0.05, 0) is 30.5 Å². The Morgan fingerprint density at radius 1 is 1.47 bits per heavy atom. The number of benzene rings is 1. The second-order valence-electron chi connectivity index (χ2n) is 4.74. The number of likely N-dealkylation sites (tertiary alicyclic amines) is 1. The number of carbonyl (C=O) groups excluding carboxylic acids is 1. The van der Waals surface area contributed by atoms with Crippen LogP contribution in [0, 0.1) is 11.7 Å². The molecule has 102 valence electrons. The van der Waals surface area contributed by atoms with E-state index in [9.17, 15) is 14.0 Å². The van der Waals surface area contributed by atoms with Crippen molar-refractivity contribution < 1.29 is 19.1 Å². The predicted molar refractivity (Wildman–Crippen MR) is 67.1 cm³/mol. The fourth-order valence-corrected chi connectivity index (χ4v) is 2.31. The molecule has 1 fully saturated rings. The summed E-state index contributed by atoms with van der Waals surface area (Å²) in [7, 11) is 0. The van der Waals surface area contributed by atoms with Gasteiger partial charge in [-0.2, -0.15) is 0 Å². The highest BCUT2D eigenvalue weighted by molar-refractivity contribution is 5.99. The quantitative estimate of drug-likeness (QED) is 0.809. The van der Waals surface area contributed by atoms with Crippen LogP contribution in [-0.2, 0) is 4.79 Å². The summed E-state index contributed by atoms with van der Waals surface area (Å²) in [4.78, 5) is 24.3. The van der Waals surface area contributed by atoms with Crippen LogP contribution in [0.2, 0.25) is 0 Å². The van der Waals surface area contributed by atoms with Crippen LogP contribution in [0.1, 0.15) is 23.2 Å². The first-order valence-electron chi connectivity index (χ1n) is 6.03. The number of nitrogen functional groups attached to an aromatic ring is 1. The van der Waals surface area contributed by atoms with E-state index >= 15 is 0 Å². The topological polar surface area (TPSA) is 83.6 Å². The largest absolute Gasteiger partial charge is 0.481 e. The summed E-state index contributed by atoms with van der Waals surface area (Å²) in [6.45, 7) is 0.855. The first-order chi connectivity index (χ1) is 8.97. The number of halogens is 1. The van der Waals surface area contributed by atoms with E-state index < -0.39 is 11.8 Å². The molecule has 0 saturated carbocycles. The summed E-state index contributed by atoms with van der Waals surface area (Å²) in [6, 6.07) is 3.67. The Morgan fingerprint density at radius 3 is 2.89 bits per heavy atom. The lowest BCUT2D eigenvalue weighted by Crippen LogP contribution is -2.29. The van der Waals surface area contributed by atoms with Gasteiger partial charge in [0.2, 0.25) is 0 Å². The van der Waals surface area contributed by atoms with Crippen LogP contribution in [0.4, 0.5) is 10.1 Å². The molecule has 0 aliphatic carbocycles. The average molecular weight is 266 g/mol. The molecule has 1 unspecified atom stereocenters. The molecule has 19 heavy (non-hydrogen) atoms. The third-order valence-corrected chi connectivity index (χ3v) is 3.28. The maximum Gasteiger partial charge on any atom is 0.303 e. The second-order valence-corrected chi connectivity index (χ2v) is 4.74. The van der Waals surface area contributed by atoms with E-state index in [1.165, 1.54) is 17.0 Å². The van der Waals surface area contributed by atoms with E-state index in [0.29, 0.717) is 19.5 Å². The van der Waals surface area contributed by atoms with E-state index in [1.807, 2.05) is 0 Å². The first kappa shape index (κ1) is 13.3. The second kappa shape index (κ2) is 5.26. The molecule has 1 aromatic carbocycles. The summed E-state index contributed by atoms with van der Waals surface area (Å²) in [5.74, 6) is -1.77.